The van der Waals surface area contributed by atoms with Crippen LogP contribution in [-0.4, -0.2) is 11.9 Å². The molecule has 16 heavy (non-hydrogen) atoms. The molecule has 0 aliphatic heterocycles. The summed E-state index contributed by atoms with van der Waals surface area (Å²) in [6.45, 7) is 0. The van der Waals surface area contributed by atoms with Gasteiger partial charge in [-0.1, -0.05) is 0 Å². The fourth-order valence-electron chi connectivity index (χ4n) is 0.956. The summed E-state index contributed by atoms with van der Waals surface area (Å²) in [5.41, 5.74) is 0.954. The molecule has 1 aromatic carbocycles. The molecule has 0 unspecified atom stereocenters. The molecule has 0 spiro atoms. The molecule has 1 aromatic rings. The lowest BCUT2D eigenvalue weighted by Crippen LogP contribution is -2.20. The first kappa shape index (κ1) is 11.5. The normalized spacial score (nSPS) is 9.69. The number of hydrogen-bond acceptors (Lipinski definition) is 4. The average Bonchev–Trinajstić information content (AvgIpc) is 2.27. The zero-order chi connectivity index (χ0) is 12.0. The van der Waals surface area contributed by atoms with Gasteiger partial charge in [-0.3, -0.25) is 4.79 Å². The Morgan fingerprint density at radius 2 is 1.88 bits per heavy atom. The van der Waals surface area contributed by atoms with Crippen LogP contribution in [0.3, 0.4) is 0 Å². The van der Waals surface area contributed by atoms with Crippen molar-refractivity contribution in [2.75, 3.05) is 5.32 Å². The third-order valence-corrected chi connectivity index (χ3v) is 1.65. The summed E-state index contributed by atoms with van der Waals surface area (Å²) in [6, 6.07) is 8.10. The Kier molecular flexibility index (Phi) is 3.81. The van der Waals surface area contributed by atoms with Gasteiger partial charge in [0.1, 0.15) is 0 Å². The molecule has 0 saturated heterocycles. The molecule has 0 saturated carbocycles. The molecular formula is C11H7N2O3-. The van der Waals surface area contributed by atoms with Gasteiger partial charge in [-0.2, -0.15) is 5.26 Å². The third kappa shape index (κ3) is 3.64. The lowest BCUT2D eigenvalue weighted by atomic mass is 10.2. The molecule has 1 amide bonds. The van der Waals surface area contributed by atoms with Gasteiger partial charge in [0, 0.05) is 11.8 Å². The standard InChI is InChI=1S/C11H8N2O3/c12-7-8-1-3-9(4-2-8)13-10(14)5-6-11(15)16/h1-6H,(H,13,14)(H,15,16)/p-1/b6-5-. The van der Waals surface area contributed by atoms with Crippen molar-refractivity contribution in [1.82, 2.24) is 0 Å². The highest BCUT2D eigenvalue weighted by Crippen LogP contribution is 2.08. The van der Waals surface area contributed by atoms with Crippen LogP contribution in [0.1, 0.15) is 5.56 Å². The van der Waals surface area contributed by atoms with Crippen LogP contribution in [0, 0.1) is 11.3 Å². The van der Waals surface area contributed by atoms with E-state index in [1.807, 2.05) is 6.07 Å². The number of hydrogen-bond donors (Lipinski definition) is 1. The molecule has 0 aromatic heterocycles. The first-order valence-electron chi connectivity index (χ1n) is 4.32. The lowest BCUT2D eigenvalue weighted by molar-refractivity contribution is -0.297. The smallest absolute Gasteiger partial charge is 0.248 e. The van der Waals surface area contributed by atoms with Crippen LogP contribution in [0.15, 0.2) is 36.4 Å². The number of carboxylic acids is 1. The van der Waals surface area contributed by atoms with E-state index in [1.54, 1.807) is 12.1 Å². The monoisotopic (exact) mass is 215 g/mol. The minimum absolute atomic E-state index is 0.475. The summed E-state index contributed by atoms with van der Waals surface area (Å²) in [5, 5.41) is 21.0. The van der Waals surface area contributed by atoms with Gasteiger partial charge >= 0.3 is 0 Å². The number of amides is 1. The summed E-state index contributed by atoms with van der Waals surface area (Å²) in [4.78, 5) is 21.1. The molecule has 0 bridgehead atoms. The number of carboxylic acid groups (broad SMARTS) is 1. The van der Waals surface area contributed by atoms with E-state index in [-0.39, 0.29) is 0 Å². The van der Waals surface area contributed by atoms with E-state index in [2.05, 4.69) is 5.32 Å². The Bertz CT molecular complexity index is 469. The van der Waals surface area contributed by atoms with Crippen molar-refractivity contribution in [3.05, 3.63) is 42.0 Å². The van der Waals surface area contributed by atoms with Gasteiger partial charge in [-0.15, -0.1) is 0 Å². The number of aliphatic carboxylic acids is 1. The molecular weight excluding hydrogens is 208 g/mol. The van der Waals surface area contributed by atoms with Gasteiger partial charge in [0.25, 0.3) is 0 Å². The van der Waals surface area contributed by atoms with E-state index in [1.165, 1.54) is 12.1 Å². The van der Waals surface area contributed by atoms with E-state index < -0.39 is 11.9 Å². The van der Waals surface area contributed by atoms with Crippen molar-refractivity contribution in [3.63, 3.8) is 0 Å². The minimum atomic E-state index is -1.44. The summed E-state index contributed by atoms with van der Waals surface area (Å²) >= 11 is 0. The van der Waals surface area contributed by atoms with Crippen LogP contribution in [0.2, 0.25) is 0 Å². The zero-order valence-electron chi connectivity index (χ0n) is 8.14. The van der Waals surface area contributed by atoms with E-state index in [9.17, 15) is 14.7 Å². The molecule has 0 radical (unpaired) electrons. The number of benzene rings is 1. The maximum absolute atomic E-state index is 11.1. The highest BCUT2D eigenvalue weighted by Gasteiger charge is 1.97. The second kappa shape index (κ2) is 5.32. The Labute approximate surface area is 91.6 Å². The number of anilines is 1. The van der Waals surface area contributed by atoms with Crippen molar-refractivity contribution in [1.29, 1.82) is 5.26 Å². The van der Waals surface area contributed by atoms with Crippen molar-refractivity contribution < 1.29 is 14.7 Å². The fourth-order valence-corrected chi connectivity index (χ4v) is 0.956. The topological polar surface area (TPSA) is 93.0 Å². The van der Waals surface area contributed by atoms with E-state index in [0.29, 0.717) is 17.3 Å². The van der Waals surface area contributed by atoms with Crippen LogP contribution in [-0.2, 0) is 9.59 Å². The Hall–Kier alpha value is -2.61. The first-order valence-corrected chi connectivity index (χ1v) is 4.32. The molecule has 80 valence electrons. The predicted octanol–water partition coefficient (Wildman–Crippen LogP) is -0.197. The highest BCUT2D eigenvalue weighted by molar-refractivity contribution is 6.02. The largest absolute Gasteiger partial charge is 0.545 e. The minimum Gasteiger partial charge on any atom is -0.545 e. The molecule has 5 heteroatoms. The predicted molar refractivity (Wildman–Crippen MR) is 53.9 cm³/mol. The first-order chi connectivity index (χ1) is 7.61. The number of rotatable bonds is 3. The Balaban J connectivity index is 2.64. The molecule has 0 heterocycles. The van der Waals surface area contributed by atoms with Gasteiger partial charge < -0.3 is 15.2 Å². The average molecular weight is 215 g/mol. The van der Waals surface area contributed by atoms with Gasteiger partial charge in [0.05, 0.1) is 17.6 Å². The van der Waals surface area contributed by atoms with Gasteiger partial charge in [-0.05, 0) is 30.3 Å². The van der Waals surface area contributed by atoms with Crippen LogP contribution in [0.4, 0.5) is 5.69 Å². The Morgan fingerprint density at radius 1 is 1.25 bits per heavy atom. The van der Waals surface area contributed by atoms with Crippen molar-refractivity contribution in [2.45, 2.75) is 0 Å². The molecule has 0 aliphatic rings. The van der Waals surface area contributed by atoms with E-state index >= 15 is 0 Å². The maximum atomic E-state index is 11.1. The van der Waals surface area contributed by atoms with Crippen molar-refractivity contribution >= 4 is 17.6 Å². The maximum Gasteiger partial charge on any atom is 0.248 e. The highest BCUT2D eigenvalue weighted by atomic mass is 16.4. The summed E-state index contributed by atoms with van der Waals surface area (Å²) in [6.07, 6.45) is 1.49. The fraction of sp³-hybridized carbons (Fsp3) is 0. The Morgan fingerprint density at radius 3 is 2.38 bits per heavy atom. The van der Waals surface area contributed by atoms with Gasteiger partial charge in [0.2, 0.25) is 5.91 Å². The van der Waals surface area contributed by atoms with E-state index in [0.717, 1.165) is 6.08 Å². The van der Waals surface area contributed by atoms with Crippen molar-refractivity contribution in [3.8, 4) is 6.07 Å². The number of carbonyl (C=O) groups excluding carboxylic acids is 2. The second-order valence-corrected chi connectivity index (χ2v) is 2.83. The number of carbonyl (C=O) groups is 2. The zero-order valence-corrected chi connectivity index (χ0v) is 8.14. The quantitative estimate of drug-likeness (QED) is 0.707. The van der Waals surface area contributed by atoms with Crippen LogP contribution >= 0.6 is 0 Å². The number of nitrogens with one attached hydrogen (secondary N) is 1. The summed E-state index contributed by atoms with van der Waals surface area (Å²) < 4.78 is 0. The molecule has 0 atom stereocenters. The van der Waals surface area contributed by atoms with Crippen LogP contribution < -0.4 is 10.4 Å². The summed E-state index contributed by atoms with van der Waals surface area (Å²) in [5.74, 6) is -2.01. The molecule has 1 rings (SSSR count). The number of nitrogens with zero attached hydrogens (tertiary/aromatic N) is 1. The van der Waals surface area contributed by atoms with E-state index in [4.69, 9.17) is 5.26 Å². The third-order valence-electron chi connectivity index (χ3n) is 1.65. The van der Waals surface area contributed by atoms with Crippen LogP contribution in [0.5, 0.6) is 0 Å². The van der Waals surface area contributed by atoms with Gasteiger partial charge in [-0.25, -0.2) is 0 Å². The van der Waals surface area contributed by atoms with Gasteiger partial charge in [0.15, 0.2) is 0 Å². The molecule has 0 fully saturated rings. The SMILES string of the molecule is N#Cc1ccc(NC(=O)/C=C\C(=O)[O-])cc1. The summed E-state index contributed by atoms with van der Waals surface area (Å²) in [7, 11) is 0. The van der Waals surface area contributed by atoms with Crippen LogP contribution in [0.25, 0.3) is 0 Å². The second-order valence-electron chi connectivity index (χ2n) is 2.83. The molecule has 1 N–H and O–H groups in total. The lowest BCUT2D eigenvalue weighted by Gasteiger charge is -2.01. The molecule has 0 aliphatic carbocycles. The molecule has 5 nitrogen and oxygen atoms in total. The number of nitriles is 1. The van der Waals surface area contributed by atoms with Crippen molar-refractivity contribution in [2.24, 2.45) is 0 Å².